The van der Waals surface area contributed by atoms with Crippen LogP contribution in [-0.2, 0) is 4.79 Å². The van der Waals surface area contributed by atoms with Gasteiger partial charge in [0.2, 0.25) is 0 Å². The van der Waals surface area contributed by atoms with Crippen molar-refractivity contribution in [2.24, 2.45) is 5.41 Å². The smallest absolute Gasteiger partial charge is 0.303 e. The van der Waals surface area contributed by atoms with Gasteiger partial charge < -0.3 is 5.11 Å². The maximum atomic E-state index is 10.8. The van der Waals surface area contributed by atoms with E-state index in [4.69, 9.17) is 5.11 Å². The van der Waals surface area contributed by atoms with E-state index in [1.165, 1.54) is 12.0 Å². The van der Waals surface area contributed by atoms with Crippen LogP contribution in [0.15, 0.2) is 30.3 Å². The molecule has 2 saturated carbocycles. The summed E-state index contributed by atoms with van der Waals surface area (Å²) in [6.07, 6.45) is 3.84. The van der Waals surface area contributed by atoms with Gasteiger partial charge in [-0.05, 0) is 41.9 Å². The Bertz CT molecular complexity index is 439. The normalized spacial score (nSPS) is 27.8. The summed E-state index contributed by atoms with van der Waals surface area (Å²) in [4.78, 5) is 10.8. The molecule has 96 valence electrons. The predicted octanol–water partition coefficient (Wildman–Crippen LogP) is 3.53. The first kappa shape index (κ1) is 12.1. The zero-order valence-electron chi connectivity index (χ0n) is 10.3. The maximum absolute atomic E-state index is 10.8. The first-order chi connectivity index (χ1) is 8.69. The number of carboxylic acid groups (broad SMARTS) is 1. The van der Waals surface area contributed by atoms with Crippen LogP contribution in [0.2, 0.25) is 0 Å². The lowest BCUT2D eigenvalue weighted by atomic mass is 10.1. The van der Waals surface area contributed by atoms with E-state index >= 15 is 0 Å². The summed E-state index contributed by atoms with van der Waals surface area (Å²) < 4.78 is 0. The monoisotopic (exact) mass is 262 g/mol. The van der Waals surface area contributed by atoms with Gasteiger partial charge in [-0.25, -0.2) is 0 Å². The number of rotatable bonds is 6. The van der Waals surface area contributed by atoms with Crippen LogP contribution in [0.5, 0.6) is 0 Å². The summed E-state index contributed by atoms with van der Waals surface area (Å²) in [6, 6.07) is 10.7. The molecule has 3 heteroatoms. The third-order valence-corrected chi connectivity index (χ3v) is 5.77. The van der Waals surface area contributed by atoms with Crippen LogP contribution in [0, 0.1) is 5.41 Å². The van der Waals surface area contributed by atoms with Gasteiger partial charge in [-0.3, -0.25) is 4.79 Å². The minimum absolute atomic E-state index is 0.139. The summed E-state index contributed by atoms with van der Waals surface area (Å²) in [5, 5.41) is 9.61. The van der Waals surface area contributed by atoms with E-state index in [2.05, 4.69) is 30.3 Å². The van der Waals surface area contributed by atoms with Crippen molar-refractivity contribution in [2.75, 3.05) is 5.75 Å². The Labute approximate surface area is 112 Å². The van der Waals surface area contributed by atoms with Gasteiger partial charge in [0.15, 0.2) is 0 Å². The molecule has 0 saturated heterocycles. The van der Waals surface area contributed by atoms with Crippen LogP contribution < -0.4 is 0 Å². The van der Waals surface area contributed by atoms with Crippen molar-refractivity contribution in [2.45, 2.75) is 36.9 Å². The van der Waals surface area contributed by atoms with Gasteiger partial charge in [0.25, 0.3) is 0 Å². The molecule has 2 aliphatic carbocycles. The second-order valence-electron chi connectivity index (χ2n) is 5.67. The van der Waals surface area contributed by atoms with Crippen LogP contribution in [0.1, 0.15) is 37.2 Å². The second-order valence-corrected chi connectivity index (χ2v) is 6.90. The van der Waals surface area contributed by atoms with Gasteiger partial charge in [-0.15, -0.1) is 0 Å². The predicted molar refractivity (Wildman–Crippen MR) is 74.0 cm³/mol. The lowest BCUT2D eigenvalue weighted by molar-refractivity contribution is -0.138. The van der Waals surface area contributed by atoms with Crippen LogP contribution in [0.4, 0.5) is 0 Å². The molecule has 1 aromatic carbocycles. The number of hydrogen-bond acceptors (Lipinski definition) is 2. The second kappa shape index (κ2) is 4.61. The van der Waals surface area contributed by atoms with Crippen LogP contribution >= 0.6 is 11.8 Å². The van der Waals surface area contributed by atoms with E-state index in [1.807, 2.05) is 11.8 Å². The number of thioether (sulfide) groups is 1. The molecule has 2 aliphatic rings. The highest BCUT2D eigenvalue weighted by Gasteiger charge is 2.47. The van der Waals surface area contributed by atoms with Crippen LogP contribution in [0.3, 0.4) is 0 Å². The number of carboxylic acids is 1. The van der Waals surface area contributed by atoms with Crippen molar-refractivity contribution in [1.29, 1.82) is 0 Å². The summed E-state index contributed by atoms with van der Waals surface area (Å²) in [5.74, 6) is 1.10. The molecule has 0 amide bonds. The Morgan fingerprint density at radius 3 is 2.67 bits per heavy atom. The molecule has 0 aromatic heterocycles. The largest absolute Gasteiger partial charge is 0.481 e. The topological polar surface area (TPSA) is 37.3 Å². The fourth-order valence-corrected chi connectivity index (χ4v) is 4.25. The first-order valence-corrected chi connectivity index (χ1v) is 7.62. The molecule has 0 aliphatic heterocycles. The van der Waals surface area contributed by atoms with Gasteiger partial charge in [0.1, 0.15) is 0 Å². The van der Waals surface area contributed by atoms with Crippen molar-refractivity contribution in [3.05, 3.63) is 35.9 Å². The average Bonchev–Trinajstić information content (AvgIpc) is 3.23. The molecule has 2 unspecified atom stereocenters. The average molecular weight is 262 g/mol. The molecule has 2 nitrogen and oxygen atoms in total. The zero-order valence-corrected chi connectivity index (χ0v) is 11.2. The maximum Gasteiger partial charge on any atom is 0.303 e. The third kappa shape index (κ3) is 2.72. The Balaban J connectivity index is 1.48. The third-order valence-electron chi connectivity index (χ3n) is 4.05. The summed E-state index contributed by atoms with van der Waals surface area (Å²) in [5.41, 5.74) is 1.58. The van der Waals surface area contributed by atoms with Crippen molar-refractivity contribution in [1.82, 2.24) is 0 Å². The quantitative estimate of drug-likeness (QED) is 0.852. The number of carbonyl (C=O) groups is 1. The minimum Gasteiger partial charge on any atom is -0.481 e. The van der Waals surface area contributed by atoms with Crippen LogP contribution in [-0.4, -0.2) is 22.1 Å². The number of benzene rings is 1. The Morgan fingerprint density at radius 1 is 1.33 bits per heavy atom. The molecule has 1 N–H and O–H groups in total. The van der Waals surface area contributed by atoms with Crippen molar-refractivity contribution < 1.29 is 9.90 Å². The van der Waals surface area contributed by atoms with Crippen molar-refractivity contribution >= 4 is 17.7 Å². The van der Waals surface area contributed by atoms with Crippen LogP contribution in [0.25, 0.3) is 0 Å². The van der Waals surface area contributed by atoms with E-state index < -0.39 is 5.97 Å². The minimum atomic E-state index is -0.636. The van der Waals surface area contributed by atoms with Gasteiger partial charge in [-0.2, -0.15) is 11.8 Å². The molecular formula is C15H18O2S. The molecule has 3 rings (SSSR count). The molecule has 2 atom stereocenters. The first-order valence-electron chi connectivity index (χ1n) is 6.57. The SMILES string of the molecule is O=C(O)CC1(CSC2CC2c2ccccc2)CC1. The summed E-state index contributed by atoms with van der Waals surface area (Å²) in [6.45, 7) is 0. The number of aliphatic carboxylic acids is 1. The standard InChI is InChI=1S/C15H18O2S/c16-14(17)9-15(6-7-15)10-18-13-8-12(13)11-4-2-1-3-5-11/h1-5,12-13H,6-10H2,(H,16,17). The lowest BCUT2D eigenvalue weighted by Gasteiger charge is -2.11. The lowest BCUT2D eigenvalue weighted by Crippen LogP contribution is -2.11. The van der Waals surface area contributed by atoms with E-state index in [0.29, 0.717) is 12.3 Å². The Hall–Kier alpha value is -0.960. The van der Waals surface area contributed by atoms with Crippen molar-refractivity contribution in [3.63, 3.8) is 0 Å². The molecule has 0 bridgehead atoms. The Morgan fingerprint density at radius 2 is 2.06 bits per heavy atom. The molecule has 1 aromatic rings. The summed E-state index contributed by atoms with van der Waals surface area (Å²) >= 11 is 1.99. The highest BCUT2D eigenvalue weighted by molar-refractivity contribution is 8.00. The van der Waals surface area contributed by atoms with E-state index in [9.17, 15) is 4.79 Å². The van der Waals surface area contributed by atoms with Crippen molar-refractivity contribution in [3.8, 4) is 0 Å². The van der Waals surface area contributed by atoms with E-state index in [0.717, 1.165) is 23.8 Å². The highest BCUT2D eigenvalue weighted by Crippen LogP contribution is 2.56. The highest BCUT2D eigenvalue weighted by atomic mass is 32.2. The molecular weight excluding hydrogens is 244 g/mol. The molecule has 0 heterocycles. The van der Waals surface area contributed by atoms with Gasteiger partial charge in [0.05, 0.1) is 6.42 Å². The van der Waals surface area contributed by atoms with Gasteiger partial charge in [0, 0.05) is 5.25 Å². The molecule has 2 fully saturated rings. The number of hydrogen-bond donors (Lipinski definition) is 1. The fraction of sp³-hybridized carbons (Fsp3) is 0.533. The van der Waals surface area contributed by atoms with E-state index in [1.54, 1.807) is 0 Å². The van der Waals surface area contributed by atoms with E-state index in [-0.39, 0.29) is 5.41 Å². The molecule has 0 spiro atoms. The zero-order chi connectivity index (χ0) is 12.6. The van der Waals surface area contributed by atoms with Gasteiger partial charge >= 0.3 is 5.97 Å². The fourth-order valence-electron chi connectivity index (χ4n) is 2.56. The summed E-state index contributed by atoms with van der Waals surface area (Å²) in [7, 11) is 0. The molecule has 18 heavy (non-hydrogen) atoms. The Kier molecular flexibility index (Phi) is 3.10. The molecule has 0 radical (unpaired) electrons. The van der Waals surface area contributed by atoms with Gasteiger partial charge in [-0.1, -0.05) is 30.3 Å².